The maximum Gasteiger partial charge on any atom is 0.255 e. The normalized spacial score (nSPS) is 17.9. The number of rotatable bonds is 5. The predicted octanol–water partition coefficient (Wildman–Crippen LogP) is 2.67. The Bertz CT molecular complexity index is 718. The molecule has 1 aliphatic rings. The van der Waals surface area contributed by atoms with Crippen molar-refractivity contribution in [2.45, 2.75) is 25.4 Å². The number of nitrogens with zero attached hydrogens (tertiary/aromatic N) is 1. The Balaban J connectivity index is 1.62. The molecule has 1 atom stereocenters. The average Bonchev–Trinajstić information content (AvgIpc) is 2.63. The number of likely N-dealkylation sites (tertiary alicyclic amines) is 1. The molecule has 0 bridgehead atoms. The van der Waals surface area contributed by atoms with E-state index in [1.54, 1.807) is 25.3 Å². The highest BCUT2D eigenvalue weighted by molar-refractivity contribution is 5.98. The number of piperidine rings is 1. The van der Waals surface area contributed by atoms with Gasteiger partial charge in [0, 0.05) is 24.8 Å². The Kier molecular flexibility index (Phi) is 5.56. The van der Waals surface area contributed by atoms with E-state index in [9.17, 15) is 4.79 Å². The summed E-state index contributed by atoms with van der Waals surface area (Å²) in [5.74, 6) is 0.416. The van der Waals surface area contributed by atoms with Crippen molar-refractivity contribution in [1.29, 1.82) is 0 Å². The Morgan fingerprint density at radius 1 is 1.28 bits per heavy atom. The summed E-state index contributed by atoms with van der Waals surface area (Å²) in [6.45, 7) is 2.82. The van der Waals surface area contributed by atoms with Crippen molar-refractivity contribution >= 4 is 11.6 Å². The Morgan fingerprint density at radius 3 is 2.84 bits per heavy atom. The number of benzene rings is 2. The molecule has 1 amide bonds. The molecule has 25 heavy (non-hydrogen) atoms. The monoisotopic (exact) mass is 339 g/mol. The van der Waals surface area contributed by atoms with E-state index in [1.165, 1.54) is 5.56 Å². The molecule has 132 valence electrons. The highest BCUT2D eigenvalue weighted by atomic mass is 16.5. The fourth-order valence-electron chi connectivity index (χ4n) is 3.32. The van der Waals surface area contributed by atoms with Crippen LogP contribution in [0.25, 0.3) is 0 Å². The molecule has 2 aromatic carbocycles. The smallest absolute Gasteiger partial charge is 0.255 e. The van der Waals surface area contributed by atoms with Crippen LogP contribution < -0.4 is 15.8 Å². The van der Waals surface area contributed by atoms with E-state index in [2.05, 4.69) is 34.5 Å². The van der Waals surface area contributed by atoms with Crippen LogP contribution in [0.5, 0.6) is 5.75 Å². The van der Waals surface area contributed by atoms with Gasteiger partial charge in [0.2, 0.25) is 0 Å². The lowest BCUT2D eigenvalue weighted by molar-refractivity contribution is 0.0898. The van der Waals surface area contributed by atoms with Gasteiger partial charge >= 0.3 is 0 Å². The second kappa shape index (κ2) is 8.03. The Labute approximate surface area is 148 Å². The summed E-state index contributed by atoms with van der Waals surface area (Å²) < 4.78 is 5.28. The van der Waals surface area contributed by atoms with Crippen LogP contribution in [0.1, 0.15) is 28.8 Å². The van der Waals surface area contributed by atoms with Crippen LogP contribution in [-0.2, 0) is 6.54 Å². The van der Waals surface area contributed by atoms with E-state index >= 15 is 0 Å². The molecule has 0 spiro atoms. The van der Waals surface area contributed by atoms with Gasteiger partial charge in [-0.15, -0.1) is 0 Å². The standard InChI is InChI=1S/C20H25N3O2/c1-25-19-10-9-16(21)12-18(19)20(24)22-17-8-5-11-23(14-17)13-15-6-3-2-4-7-15/h2-4,6-7,9-10,12,17H,5,8,11,13-14,21H2,1H3,(H,22,24)/t17-/m0/s1. The van der Waals surface area contributed by atoms with Crippen LogP contribution in [0.15, 0.2) is 48.5 Å². The van der Waals surface area contributed by atoms with E-state index in [1.807, 2.05) is 6.07 Å². The molecule has 3 N–H and O–H groups in total. The molecule has 3 rings (SSSR count). The molecule has 0 saturated carbocycles. The van der Waals surface area contributed by atoms with Crippen LogP contribution in [0.4, 0.5) is 5.69 Å². The number of ether oxygens (including phenoxy) is 1. The summed E-state index contributed by atoms with van der Waals surface area (Å²) in [4.78, 5) is 15.0. The highest BCUT2D eigenvalue weighted by Gasteiger charge is 2.23. The van der Waals surface area contributed by atoms with Gasteiger partial charge in [0.05, 0.1) is 12.7 Å². The molecule has 0 aromatic heterocycles. The SMILES string of the molecule is COc1ccc(N)cc1C(=O)N[C@H]1CCCN(Cc2ccccc2)C1. The molecule has 5 heteroatoms. The molecule has 0 aliphatic carbocycles. The van der Waals surface area contributed by atoms with Gasteiger partial charge in [0.25, 0.3) is 5.91 Å². The van der Waals surface area contributed by atoms with Gasteiger partial charge in [-0.1, -0.05) is 30.3 Å². The van der Waals surface area contributed by atoms with Crippen LogP contribution in [0.3, 0.4) is 0 Å². The molecular weight excluding hydrogens is 314 g/mol. The fourth-order valence-corrected chi connectivity index (χ4v) is 3.32. The topological polar surface area (TPSA) is 67.6 Å². The largest absolute Gasteiger partial charge is 0.496 e. The second-order valence-corrected chi connectivity index (χ2v) is 6.49. The summed E-state index contributed by atoms with van der Waals surface area (Å²) in [5, 5.41) is 3.14. The molecule has 1 aliphatic heterocycles. The molecule has 5 nitrogen and oxygen atoms in total. The van der Waals surface area contributed by atoms with E-state index in [0.717, 1.165) is 32.5 Å². The van der Waals surface area contributed by atoms with Gasteiger partial charge in [-0.05, 0) is 43.1 Å². The summed E-state index contributed by atoms with van der Waals surface area (Å²) in [5.41, 5.74) is 8.16. The number of anilines is 1. The van der Waals surface area contributed by atoms with Crippen LogP contribution in [-0.4, -0.2) is 37.0 Å². The van der Waals surface area contributed by atoms with E-state index in [-0.39, 0.29) is 11.9 Å². The third kappa shape index (κ3) is 4.51. The zero-order chi connectivity index (χ0) is 17.6. The van der Waals surface area contributed by atoms with Crippen molar-refractivity contribution in [2.75, 3.05) is 25.9 Å². The number of amides is 1. The highest BCUT2D eigenvalue weighted by Crippen LogP contribution is 2.22. The van der Waals surface area contributed by atoms with E-state index in [0.29, 0.717) is 17.0 Å². The number of hydrogen-bond donors (Lipinski definition) is 2. The predicted molar refractivity (Wildman–Crippen MR) is 99.6 cm³/mol. The number of carbonyl (C=O) groups is 1. The first-order valence-corrected chi connectivity index (χ1v) is 8.66. The van der Waals surface area contributed by atoms with Gasteiger partial charge < -0.3 is 15.8 Å². The Hall–Kier alpha value is -2.53. The maximum atomic E-state index is 12.6. The lowest BCUT2D eigenvalue weighted by Crippen LogP contribution is -2.47. The number of hydrogen-bond acceptors (Lipinski definition) is 4. The number of nitrogen functional groups attached to an aromatic ring is 1. The first kappa shape index (κ1) is 17.3. The molecule has 1 heterocycles. The maximum absolute atomic E-state index is 12.6. The zero-order valence-electron chi connectivity index (χ0n) is 14.6. The quantitative estimate of drug-likeness (QED) is 0.822. The molecule has 1 saturated heterocycles. The van der Waals surface area contributed by atoms with Crippen LogP contribution in [0, 0.1) is 0 Å². The minimum atomic E-state index is -0.129. The first-order chi connectivity index (χ1) is 12.2. The summed E-state index contributed by atoms with van der Waals surface area (Å²) >= 11 is 0. The minimum absolute atomic E-state index is 0.129. The van der Waals surface area contributed by atoms with E-state index < -0.39 is 0 Å². The third-order valence-corrected chi connectivity index (χ3v) is 4.56. The number of carbonyl (C=O) groups excluding carboxylic acids is 1. The van der Waals surface area contributed by atoms with Crippen molar-refractivity contribution in [3.05, 3.63) is 59.7 Å². The zero-order valence-corrected chi connectivity index (χ0v) is 14.6. The van der Waals surface area contributed by atoms with Gasteiger partial charge in [-0.2, -0.15) is 0 Å². The molecule has 0 unspecified atom stereocenters. The minimum Gasteiger partial charge on any atom is -0.496 e. The lowest BCUT2D eigenvalue weighted by Gasteiger charge is -2.33. The van der Waals surface area contributed by atoms with Crippen molar-refractivity contribution < 1.29 is 9.53 Å². The van der Waals surface area contributed by atoms with Crippen molar-refractivity contribution in [3.63, 3.8) is 0 Å². The summed E-state index contributed by atoms with van der Waals surface area (Å²) in [7, 11) is 1.56. The summed E-state index contributed by atoms with van der Waals surface area (Å²) in [6, 6.07) is 15.7. The van der Waals surface area contributed by atoms with Crippen molar-refractivity contribution in [2.24, 2.45) is 0 Å². The first-order valence-electron chi connectivity index (χ1n) is 8.66. The number of nitrogens with two attached hydrogens (primary N) is 1. The molecule has 1 fully saturated rings. The van der Waals surface area contributed by atoms with Gasteiger partial charge in [-0.3, -0.25) is 9.69 Å². The number of nitrogens with one attached hydrogen (secondary N) is 1. The van der Waals surface area contributed by atoms with Gasteiger partial charge in [0.15, 0.2) is 0 Å². The second-order valence-electron chi connectivity index (χ2n) is 6.49. The summed E-state index contributed by atoms with van der Waals surface area (Å²) in [6.07, 6.45) is 2.06. The van der Waals surface area contributed by atoms with Gasteiger partial charge in [0.1, 0.15) is 5.75 Å². The van der Waals surface area contributed by atoms with Gasteiger partial charge in [-0.25, -0.2) is 0 Å². The molecule has 2 aromatic rings. The lowest BCUT2D eigenvalue weighted by atomic mass is 10.0. The van der Waals surface area contributed by atoms with Crippen LogP contribution in [0.2, 0.25) is 0 Å². The average molecular weight is 339 g/mol. The van der Waals surface area contributed by atoms with E-state index in [4.69, 9.17) is 10.5 Å². The fraction of sp³-hybridized carbons (Fsp3) is 0.350. The van der Waals surface area contributed by atoms with Crippen molar-refractivity contribution in [3.8, 4) is 5.75 Å². The molecule has 0 radical (unpaired) electrons. The third-order valence-electron chi connectivity index (χ3n) is 4.56. The van der Waals surface area contributed by atoms with Crippen molar-refractivity contribution in [1.82, 2.24) is 10.2 Å². The molecular formula is C20H25N3O2. The Morgan fingerprint density at radius 2 is 2.08 bits per heavy atom. The van der Waals surface area contributed by atoms with Crippen LogP contribution >= 0.6 is 0 Å². The number of methoxy groups -OCH3 is 1.